The van der Waals surface area contributed by atoms with Crippen LogP contribution in [0.25, 0.3) is 6.08 Å². The topological polar surface area (TPSA) is 81.5 Å². The Bertz CT molecular complexity index is 752. The summed E-state index contributed by atoms with van der Waals surface area (Å²) in [5, 5.41) is 13.3. The maximum atomic E-state index is 12.0. The minimum atomic E-state index is -0.468. The summed E-state index contributed by atoms with van der Waals surface area (Å²) in [6.45, 7) is 1.92. The lowest BCUT2D eigenvalue weighted by atomic mass is 10.2. The van der Waals surface area contributed by atoms with Crippen LogP contribution in [-0.2, 0) is 4.79 Å². The van der Waals surface area contributed by atoms with E-state index in [1.165, 1.54) is 25.3 Å². The molecule has 23 heavy (non-hydrogen) atoms. The normalized spacial score (nSPS) is 10.5. The van der Waals surface area contributed by atoms with E-state index in [9.17, 15) is 14.9 Å². The molecule has 0 aromatic heterocycles. The molecule has 0 spiro atoms. The summed E-state index contributed by atoms with van der Waals surface area (Å²) >= 11 is 0. The highest BCUT2D eigenvalue weighted by Crippen LogP contribution is 2.25. The van der Waals surface area contributed by atoms with Crippen molar-refractivity contribution in [3.8, 4) is 5.75 Å². The van der Waals surface area contributed by atoms with Gasteiger partial charge >= 0.3 is 0 Å². The quantitative estimate of drug-likeness (QED) is 0.520. The molecular weight excluding hydrogens is 296 g/mol. The van der Waals surface area contributed by atoms with Crippen LogP contribution in [0.2, 0.25) is 0 Å². The summed E-state index contributed by atoms with van der Waals surface area (Å²) < 4.78 is 5.20. The Morgan fingerprint density at radius 1 is 1.22 bits per heavy atom. The van der Waals surface area contributed by atoms with Gasteiger partial charge in [0.15, 0.2) is 0 Å². The van der Waals surface area contributed by atoms with E-state index >= 15 is 0 Å². The van der Waals surface area contributed by atoms with E-state index in [1.807, 2.05) is 19.1 Å². The van der Waals surface area contributed by atoms with Crippen LogP contribution < -0.4 is 10.1 Å². The highest BCUT2D eigenvalue weighted by Gasteiger charge is 2.06. The van der Waals surface area contributed by atoms with Crippen molar-refractivity contribution < 1.29 is 14.5 Å². The molecule has 2 aromatic rings. The molecule has 1 N–H and O–H groups in total. The molecule has 2 rings (SSSR count). The molecule has 118 valence electrons. The number of aryl methyl sites for hydroxylation is 1. The Balaban J connectivity index is 2.07. The van der Waals surface area contributed by atoms with E-state index in [1.54, 1.807) is 24.3 Å². The lowest BCUT2D eigenvalue weighted by Gasteiger charge is -2.09. The molecule has 0 unspecified atom stereocenters. The number of benzene rings is 2. The summed E-state index contributed by atoms with van der Waals surface area (Å²) in [5.74, 6) is 0.264. The third-order valence-corrected chi connectivity index (χ3v) is 3.14. The van der Waals surface area contributed by atoms with Gasteiger partial charge in [-0.3, -0.25) is 14.9 Å². The first-order valence-corrected chi connectivity index (χ1v) is 6.88. The van der Waals surface area contributed by atoms with Crippen molar-refractivity contribution in [2.45, 2.75) is 6.92 Å². The largest absolute Gasteiger partial charge is 0.495 e. The first-order valence-electron chi connectivity index (χ1n) is 6.88. The second-order valence-electron chi connectivity index (χ2n) is 4.87. The summed E-state index contributed by atoms with van der Waals surface area (Å²) in [6, 6.07) is 11.4. The smallest absolute Gasteiger partial charge is 0.269 e. The molecule has 0 heterocycles. The Hall–Kier alpha value is -3.15. The van der Waals surface area contributed by atoms with Gasteiger partial charge in [-0.15, -0.1) is 0 Å². The SMILES string of the molecule is COc1ccc(C)cc1NC(=O)C=Cc1ccc([N+](=O)[O-])cc1. The lowest BCUT2D eigenvalue weighted by molar-refractivity contribution is -0.384. The Morgan fingerprint density at radius 3 is 2.52 bits per heavy atom. The number of hydrogen-bond acceptors (Lipinski definition) is 4. The molecule has 0 aliphatic rings. The van der Waals surface area contributed by atoms with E-state index in [2.05, 4.69) is 5.32 Å². The summed E-state index contributed by atoms with van der Waals surface area (Å²) in [5.41, 5.74) is 2.30. The molecule has 1 amide bonds. The minimum Gasteiger partial charge on any atom is -0.495 e. The van der Waals surface area contributed by atoms with E-state index in [-0.39, 0.29) is 11.6 Å². The van der Waals surface area contributed by atoms with Gasteiger partial charge in [0.1, 0.15) is 5.75 Å². The number of nitro groups is 1. The zero-order valence-corrected chi connectivity index (χ0v) is 12.8. The summed E-state index contributed by atoms with van der Waals surface area (Å²) in [4.78, 5) is 22.1. The van der Waals surface area contributed by atoms with Gasteiger partial charge in [0.05, 0.1) is 17.7 Å². The predicted molar refractivity (Wildman–Crippen MR) is 88.5 cm³/mol. The van der Waals surface area contributed by atoms with E-state index in [0.717, 1.165) is 5.56 Å². The zero-order valence-electron chi connectivity index (χ0n) is 12.8. The van der Waals surface area contributed by atoms with Crippen LogP contribution in [0.1, 0.15) is 11.1 Å². The molecular formula is C17H16N2O4. The van der Waals surface area contributed by atoms with Crippen LogP contribution in [0.5, 0.6) is 5.75 Å². The predicted octanol–water partition coefficient (Wildman–Crippen LogP) is 3.56. The lowest BCUT2D eigenvalue weighted by Crippen LogP contribution is -2.09. The fourth-order valence-corrected chi connectivity index (χ4v) is 1.97. The number of nitrogens with zero attached hydrogens (tertiary/aromatic N) is 1. The number of nitro benzene ring substituents is 1. The van der Waals surface area contributed by atoms with Crippen LogP contribution in [-0.4, -0.2) is 17.9 Å². The van der Waals surface area contributed by atoms with Crippen molar-refractivity contribution in [2.75, 3.05) is 12.4 Å². The average molecular weight is 312 g/mol. The highest BCUT2D eigenvalue weighted by molar-refractivity contribution is 6.02. The van der Waals surface area contributed by atoms with Crippen LogP contribution in [0.3, 0.4) is 0 Å². The number of rotatable bonds is 5. The van der Waals surface area contributed by atoms with Crippen molar-refractivity contribution in [3.05, 3.63) is 69.8 Å². The van der Waals surface area contributed by atoms with E-state index in [0.29, 0.717) is 17.0 Å². The maximum Gasteiger partial charge on any atom is 0.269 e. The first kappa shape index (κ1) is 16.2. The number of carbonyl (C=O) groups excluding carboxylic acids is 1. The number of anilines is 1. The first-order chi connectivity index (χ1) is 11.0. The third-order valence-electron chi connectivity index (χ3n) is 3.14. The van der Waals surface area contributed by atoms with Crippen LogP contribution in [0.4, 0.5) is 11.4 Å². The van der Waals surface area contributed by atoms with Gasteiger partial charge in [-0.2, -0.15) is 0 Å². The highest BCUT2D eigenvalue weighted by atomic mass is 16.6. The second-order valence-corrected chi connectivity index (χ2v) is 4.87. The molecule has 2 aromatic carbocycles. The van der Waals surface area contributed by atoms with Crippen molar-refractivity contribution in [1.29, 1.82) is 0 Å². The second kappa shape index (κ2) is 7.22. The fraction of sp³-hybridized carbons (Fsp3) is 0.118. The van der Waals surface area contributed by atoms with Gasteiger partial charge in [-0.1, -0.05) is 6.07 Å². The molecule has 0 fully saturated rings. The number of hydrogen-bond donors (Lipinski definition) is 1. The van der Waals surface area contributed by atoms with Crippen LogP contribution >= 0.6 is 0 Å². The molecule has 0 bridgehead atoms. The Morgan fingerprint density at radius 2 is 1.91 bits per heavy atom. The summed E-state index contributed by atoms with van der Waals surface area (Å²) in [7, 11) is 1.53. The Kier molecular flexibility index (Phi) is 5.09. The van der Waals surface area contributed by atoms with Crippen molar-refractivity contribution in [1.82, 2.24) is 0 Å². The molecule has 0 saturated heterocycles. The Labute approximate surface area is 133 Å². The standard InChI is InChI=1S/C17H16N2O4/c1-12-3-9-16(23-2)15(11-12)18-17(20)10-6-13-4-7-14(8-5-13)19(21)22/h3-11H,1-2H3,(H,18,20). The molecule has 0 atom stereocenters. The van der Waals surface area contributed by atoms with Crippen LogP contribution in [0.15, 0.2) is 48.5 Å². The van der Waals surface area contributed by atoms with E-state index < -0.39 is 4.92 Å². The van der Waals surface area contributed by atoms with E-state index in [4.69, 9.17) is 4.74 Å². The van der Waals surface area contributed by atoms with Gasteiger partial charge in [0.2, 0.25) is 5.91 Å². The van der Waals surface area contributed by atoms with Gasteiger partial charge in [-0.05, 0) is 48.4 Å². The number of ether oxygens (including phenoxy) is 1. The fourth-order valence-electron chi connectivity index (χ4n) is 1.97. The number of non-ortho nitro benzene ring substituents is 1. The van der Waals surface area contributed by atoms with Gasteiger partial charge < -0.3 is 10.1 Å². The van der Waals surface area contributed by atoms with Crippen molar-refractivity contribution in [3.63, 3.8) is 0 Å². The summed E-state index contributed by atoms with van der Waals surface area (Å²) in [6.07, 6.45) is 2.95. The van der Waals surface area contributed by atoms with Gasteiger partial charge in [0, 0.05) is 18.2 Å². The third kappa shape index (κ3) is 4.41. The van der Waals surface area contributed by atoms with Gasteiger partial charge in [-0.25, -0.2) is 0 Å². The van der Waals surface area contributed by atoms with Crippen molar-refractivity contribution in [2.24, 2.45) is 0 Å². The van der Waals surface area contributed by atoms with Gasteiger partial charge in [0.25, 0.3) is 5.69 Å². The maximum absolute atomic E-state index is 12.0. The van der Waals surface area contributed by atoms with Crippen LogP contribution in [0, 0.1) is 17.0 Å². The number of amides is 1. The number of nitrogens with one attached hydrogen (secondary N) is 1. The molecule has 0 aliphatic heterocycles. The number of methoxy groups -OCH3 is 1. The molecule has 0 aliphatic carbocycles. The molecule has 6 nitrogen and oxygen atoms in total. The zero-order chi connectivity index (χ0) is 16.8. The minimum absolute atomic E-state index is 0.0103. The number of carbonyl (C=O) groups is 1. The average Bonchev–Trinajstić information content (AvgIpc) is 2.53. The van der Waals surface area contributed by atoms with Crippen molar-refractivity contribution >= 4 is 23.4 Å². The molecule has 6 heteroatoms. The monoisotopic (exact) mass is 312 g/mol. The molecule has 0 saturated carbocycles. The molecule has 0 radical (unpaired) electrons.